The van der Waals surface area contributed by atoms with Crippen LogP contribution in [-0.4, -0.2) is 26.1 Å². The molecular formula is C13H20N2O3S. The first-order valence-corrected chi connectivity index (χ1v) is 7.93. The number of sulfone groups is 1. The van der Waals surface area contributed by atoms with Crippen molar-refractivity contribution in [3.05, 3.63) is 24.3 Å². The second-order valence-electron chi connectivity index (χ2n) is 4.32. The van der Waals surface area contributed by atoms with Crippen LogP contribution in [0.4, 0.5) is 5.69 Å². The molecular weight excluding hydrogens is 264 g/mol. The lowest BCUT2D eigenvalue weighted by Crippen LogP contribution is -2.26. The van der Waals surface area contributed by atoms with E-state index in [9.17, 15) is 13.2 Å². The Hall–Kier alpha value is -1.40. The van der Waals surface area contributed by atoms with Gasteiger partial charge in [0.15, 0.2) is 9.84 Å². The van der Waals surface area contributed by atoms with Crippen LogP contribution in [0, 0.1) is 0 Å². The Morgan fingerprint density at radius 1 is 1.32 bits per heavy atom. The van der Waals surface area contributed by atoms with Crippen LogP contribution in [0.15, 0.2) is 29.2 Å². The molecule has 0 heterocycles. The van der Waals surface area contributed by atoms with Gasteiger partial charge in [0.2, 0.25) is 5.91 Å². The molecule has 0 radical (unpaired) electrons. The monoisotopic (exact) mass is 284 g/mol. The highest BCUT2D eigenvalue weighted by atomic mass is 32.2. The van der Waals surface area contributed by atoms with Gasteiger partial charge >= 0.3 is 0 Å². The third kappa shape index (κ3) is 4.33. The van der Waals surface area contributed by atoms with E-state index in [0.29, 0.717) is 12.1 Å². The second kappa shape index (κ2) is 6.68. The Labute approximate surface area is 114 Å². The lowest BCUT2D eigenvalue weighted by Gasteiger charge is -2.12. The first-order valence-electron chi connectivity index (χ1n) is 6.28. The number of rotatable bonds is 6. The van der Waals surface area contributed by atoms with Crippen LogP contribution in [0.25, 0.3) is 0 Å². The van der Waals surface area contributed by atoms with Crippen LogP contribution >= 0.6 is 0 Å². The number of para-hydroxylation sites is 1. The predicted molar refractivity (Wildman–Crippen MR) is 75.7 cm³/mol. The molecule has 6 heteroatoms. The molecule has 0 fully saturated rings. The van der Waals surface area contributed by atoms with E-state index in [-0.39, 0.29) is 29.0 Å². The van der Waals surface area contributed by atoms with Gasteiger partial charge in [0.1, 0.15) is 0 Å². The quantitative estimate of drug-likeness (QED) is 0.829. The van der Waals surface area contributed by atoms with Crippen molar-refractivity contribution < 1.29 is 13.2 Å². The van der Waals surface area contributed by atoms with Crippen LogP contribution in [0.2, 0.25) is 0 Å². The van der Waals surface area contributed by atoms with Crippen molar-refractivity contribution in [2.75, 3.05) is 11.1 Å². The minimum absolute atomic E-state index is 0.00560. The zero-order chi connectivity index (χ0) is 14.5. The van der Waals surface area contributed by atoms with Gasteiger partial charge in [-0.05, 0) is 18.6 Å². The molecule has 0 saturated heterocycles. The van der Waals surface area contributed by atoms with Gasteiger partial charge < -0.3 is 11.1 Å². The van der Waals surface area contributed by atoms with Crippen LogP contribution in [0.5, 0.6) is 0 Å². The Balaban J connectivity index is 2.94. The van der Waals surface area contributed by atoms with Gasteiger partial charge in [-0.1, -0.05) is 26.0 Å². The SMILES string of the molecule is CCC(N)CC(=O)Nc1ccccc1S(=O)(=O)CC. The third-order valence-corrected chi connectivity index (χ3v) is 4.63. The molecule has 0 aromatic heterocycles. The van der Waals surface area contributed by atoms with Crippen LogP contribution in [0.1, 0.15) is 26.7 Å². The number of anilines is 1. The largest absolute Gasteiger partial charge is 0.327 e. The van der Waals surface area contributed by atoms with Gasteiger partial charge in [0, 0.05) is 12.5 Å². The van der Waals surface area contributed by atoms with Gasteiger partial charge in [-0.2, -0.15) is 0 Å². The normalized spacial score (nSPS) is 13.0. The minimum atomic E-state index is -3.35. The first kappa shape index (κ1) is 15.7. The Bertz CT molecular complexity index is 541. The molecule has 0 aliphatic carbocycles. The summed E-state index contributed by atoms with van der Waals surface area (Å²) < 4.78 is 23.8. The summed E-state index contributed by atoms with van der Waals surface area (Å²) in [6.07, 6.45) is 0.874. The predicted octanol–water partition coefficient (Wildman–Crippen LogP) is 1.55. The molecule has 19 heavy (non-hydrogen) atoms. The van der Waals surface area contributed by atoms with Gasteiger partial charge in [0.05, 0.1) is 16.3 Å². The van der Waals surface area contributed by atoms with Gasteiger partial charge in [-0.3, -0.25) is 4.79 Å². The number of hydrogen-bond acceptors (Lipinski definition) is 4. The van der Waals surface area contributed by atoms with Crippen LogP contribution < -0.4 is 11.1 Å². The molecule has 1 unspecified atom stereocenters. The Morgan fingerprint density at radius 3 is 2.53 bits per heavy atom. The molecule has 3 N–H and O–H groups in total. The van der Waals surface area contributed by atoms with E-state index in [0.717, 1.165) is 0 Å². The lowest BCUT2D eigenvalue weighted by molar-refractivity contribution is -0.116. The molecule has 0 bridgehead atoms. The summed E-state index contributed by atoms with van der Waals surface area (Å²) in [7, 11) is -3.35. The maximum Gasteiger partial charge on any atom is 0.225 e. The summed E-state index contributed by atoms with van der Waals surface area (Å²) in [6, 6.07) is 6.18. The fourth-order valence-corrected chi connectivity index (χ4v) is 2.63. The molecule has 0 spiro atoms. The average molecular weight is 284 g/mol. The molecule has 1 aromatic carbocycles. The number of hydrogen-bond donors (Lipinski definition) is 2. The standard InChI is InChI=1S/C13H20N2O3S/c1-3-10(14)9-13(16)15-11-7-5-6-8-12(11)19(17,18)4-2/h5-8,10H,3-4,9,14H2,1-2H3,(H,15,16). The van der Waals surface area contributed by atoms with Gasteiger partial charge in [-0.15, -0.1) is 0 Å². The summed E-state index contributed by atoms with van der Waals surface area (Å²) in [4.78, 5) is 11.9. The zero-order valence-electron chi connectivity index (χ0n) is 11.2. The highest BCUT2D eigenvalue weighted by Crippen LogP contribution is 2.22. The molecule has 0 aliphatic rings. The fraction of sp³-hybridized carbons (Fsp3) is 0.462. The van der Waals surface area contributed by atoms with Crippen molar-refractivity contribution in [3.8, 4) is 0 Å². The van der Waals surface area contributed by atoms with E-state index in [1.807, 2.05) is 6.92 Å². The molecule has 106 valence electrons. The minimum Gasteiger partial charge on any atom is -0.327 e. The Kier molecular flexibility index (Phi) is 5.50. The van der Waals surface area contributed by atoms with Crippen molar-refractivity contribution in [2.24, 2.45) is 5.73 Å². The first-order chi connectivity index (χ1) is 8.90. The fourth-order valence-electron chi connectivity index (χ4n) is 1.58. The summed E-state index contributed by atoms with van der Waals surface area (Å²) in [5, 5.41) is 2.62. The summed E-state index contributed by atoms with van der Waals surface area (Å²) in [5.74, 6) is -0.276. The van der Waals surface area contributed by atoms with E-state index in [1.165, 1.54) is 6.07 Å². The van der Waals surface area contributed by atoms with Gasteiger partial charge in [0.25, 0.3) is 0 Å². The smallest absolute Gasteiger partial charge is 0.225 e. The van der Waals surface area contributed by atoms with Crippen molar-refractivity contribution in [1.82, 2.24) is 0 Å². The second-order valence-corrected chi connectivity index (χ2v) is 6.57. The van der Waals surface area contributed by atoms with E-state index >= 15 is 0 Å². The van der Waals surface area contributed by atoms with E-state index in [1.54, 1.807) is 25.1 Å². The van der Waals surface area contributed by atoms with E-state index in [4.69, 9.17) is 5.73 Å². The molecule has 0 aliphatic heterocycles. The molecule has 1 atom stereocenters. The maximum absolute atomic E-state index is 11.9. The lowest BCUT2D eigenvalue weighted by atomic mass is 10.1. The number of nitrogens with two attached hydrogens (primary N) is 1. The molecule has 1 aromatic rings. The number of carbonyl (C=O) groups excluding carboxylic acids is 1. The molecule has 0 saturated carbocycles. The maximum atomic E-state index is 11.9. The molecule has 5 nitrogen and oxygen atoms in total. The van der Waals surface area contributed by atoms with Crippen molar-refractivity contribution >= 4 is 21.4 Å². The van der Waals surface area contributed by atoms with Crippen molar-refractivity contribution in [1.29, 1.82) is 0 Å². The average Bonchev–Trinajstić information content (AvgIpc) is 2.38. The number of amides is 1. The van der Waals surface area contributed by atoms with Gasteiger partial charge in [-0.25, -0.2) is 8.42 Å². The summed E-state index contributed by atoms with van der Waals surface area (Å²) in [6.45, 7) is 3.47. The topological polar surface area (TPSA) is 89.3 Å². The Morgan fingerprint density at radius 2 is 1.95 bits per heavy atom. The molecule has 1 amide bonds. The number of nitrogens with one attached hydrogen (secondary N) is 1. The van der Waals surface area contributed by atoms with Crippen molar-refractivity contribution in [3.63, 3.8) is 0 Å². The van der Waals surface area contributed by atoms with Crippen LogP contribution in [-0.2, 0) is 14.6 Å². The molecule has 1 rings (SSSR count). The number of carbonyl (C=O) groups is 1. The van der Waals surface area contributed by atoms with Crippen LogP contribution in [0.3, 0.4) is 0 Å². The summed E-state index contributed by atoms with van der Waals surface area (Å²) >= 11 is 0. The highest BCUT2D eigenvalue weighted by Gasteiger charge is 2.17. The highest BCUT2D eigenvalue weighted by molar-refractivity contribution is 7.91. The summed E-state index contributed by atoms with van der Waals surface area (Å²) in [5.41, 5.74) is 6.02. The zero-order valence-corrected chi connectivity index (χ0v) is 12.0. The third-order valence-electron chi connectivity index (χ3n) is 2.85. The number of benzene rings is 1. The van der Waals surface area contributed by atoms with E-state index < -0.39 is 9.84 Å². The van der Waals surface area contributed by atoms with Crippen molar-refractivity contribution in [2.45, 2.75) is 37.6 Å². The van der Waals surface area contributed by atoms with E-state index in [2.05, 4.69) is 5.32 Å².